The van der Waals surface area contributed by atoms with Crippen LogP contribution in [0.3, 0.4) is 0 Å². The molecular weight excluding hydrogens is 438 g/mol. The minimum atomic E-state index is -2.79. The molecule has 5 rings (SSSR count). The van der Waals surface area contributed by atoms with Crippen LogP contribution in [0.5, 0.6) is 17.2 Å². The largest absolute Gasteiger partial charge is 0.497 e. The first-order valence-electron chi connectivity index (χ1n) is 9.56. The van der Waals surface area contributed by atoms with Crippen LogP contribution in [-0.4, -0.2) is 24.7 Å². The van der Waals surface area contributed by atoms with Crippen molar-refractivity contribution in [2.75, 3.05) is 19.6 Å². The molecule has 32 heavy (non-hydrogen) atoms. The Labute approximate surface area is 185 Å². The number of benzene rings is 2. The first kappa shape index (κ1) is 20.2. The molecule has 0 spiro atoms. The molecule has 0 unspecified atom stereocenters. The lowest BCUT2D eigenvalue weighted by atomic mass is 10.0. The number of nitrogens with two attached hydrogens (primary N) is 1. The fourth-order valence-corrected chi connectivity index (χ4v) is 4.66. The SMILES string of the molecule is COc1ccc(-c2cc(C(F)F)c3c(N)c(C(=O)c4ccc5c(c4)OCO5)sc3n2)cc1. The van der Waals surface area contributed by atoms with Gasteiger partial charge in [0.1, 0.15) is 15.5 Å². The molecule has 4 aromatic rings. The van der Waals surface area contributed by atoms with Crippen molar-refractivity contribution in [1.29, 1.82) is 0 Å². The second kappa shape index (κ2) is 7.76. The maximum Gasteiger partial charge on any atom is 0.264 e. The van der Waals surface area contributed by atoms with E-state index in [1.807, 2.05) is 0 Å². The van der Waals surface area contributed by atoms with E-state index in [-0.39, 0.29) is 33.1 Å². The Morgan fingerprint density at radius 2 is 1.88 bits per heavy atom. The van der Waals surface area contributed by atoms with Crippen LogP contribution >= 0.6 is 11.3 Å². The molecule has 0 saturated carbocycles. The zero-order chi connectivity index (χ0) is 22.4. The number of ether oxygens (including phenoxy) is 3. The summed E-state index contributed by atoms with van der Waals surface area (Å²) in [6.45, 7) is 0.0772. The van der Waals surface area contributed by atoms with E-state index in [0.29, 0.717) is 34.1 Å². The minimum Gasteiger partial charge on any atom is -0.497 e. The number of alkyl halides is 2. The number of aromatic nitrogens is 1. The lowest BCUT2D eigenvalue weighted by Crippen LogP contribution is -2.02. The molecule has 0 radical (unpaired) electrons. The van der Waals surface area contributed by atoms with E-state index in [1.165, 1.54) is 6.07 Å². The molecule has 0 bridgehead atoms. The van der Waals surface area contributed by atoms with Crippen LogP contribution in [0.1, 0.15) is 27.2 Å². The Balaban J connectivity index is 1.63. The van der Waals surface area contributed by atoms with Crippen molar-refractivity contribution < 1.29 is 27.8 Å². The van der Waals surface area contributed by atoms with E-state index in [2.05, 4.69) is 4.98 Å². The highest BCUT2D eigenvalue weighted by atomic mass is 32.1. The van der Waals surface area contributed by atoms with Gasteiger partial charge in [0.15, 0.2) is 11.5 Å². The van der Waals surface area contributed by atoms with Crippen molar-refractivity contribution in [3.8, 4) is 28.5 Å². The quantitative estimate of drug-likeness (QED) is 0.404. The van der Waals surface area contributed by atoms with Gasteiger partial charge in [-0.15, -0.1) is 11.3 Å². The Morgan fingerprint density at radius 3 is 2.59 bits per heavy atom. The van der Waals surface area contributed by atoms with Crippen LogP contribution < -0.4 is 19.9 Å². The number of hydrogen-bond acceptors (Lipinski definition) is 7. The lowest BCUT2D eigenvalue weighted by Gasteiger charge is -2.08. The molecule has 0 amide bonds. The molecule has 0 fully saturated rings. The van der Waals surface area contributed by atoms with Crippen LogP contribution in [0, 0.1) is 0 Å². The number of anilines is 1. The first-order chi connectivity index (χ1) is 15.5. The average molecular weight is 454 g/mol. The second-order valence-electron chi connectivity index (χ2n) is 7.05. The van der Waals surface area contributed by atoms with E-state index in [4.69, 9.17) is 19.9 Å². The Bertz CT molecular complexity index is 1350. The lowest BCUT2D eigenvalue weighted by molar-refractivity contribution is 0.104. The van der Waals surface area contributed by atoms with Crippen molar-refractivity contribution in [1.82, 2.24) is 4.98 Å². The molecule has 1 aliphatic heterocycles. The maximum atomic E-state index is 14.0. The van der Waals surface area contributed by atoms with E-state index >= 15 is 0 Å². The molecule has 162 valence electrons. The highest BCUT2D eigenvalue weighted by molar-refractivity contribution is 7.21. The number of thiophene rings is 1. The number of fused-ring (bicyclic) bond motifs is 2. The number of carbonyl (C=O) groups excluding carboxylic acids is 1. The zero-order valence-corrected chi connectivity index (χ0v) is 17.5. The number of ketones is 1. The molecule has 2 aromatic heterocycles. The smallest absolute Gasteiger partial charge is 0.264 e. The average Bonchev–Trinajstić information content (AvgIpc) is 3.41. The molecule has 0 saturated heterocycles. The van der Waals surface area contributed by atoms with Gasteiger partial charge in [0.05, 0.1) is 18.5 Å². The molecular formula is C23H16F2N2O4S. The number of carbonyl (C=O) groups is 1. The van der Waals surface area contributed by atoms with Crippen molar-refractivity contribution in [3.05, 3.63) is 64.5 Å². The predicted molar refractivity (Wildman–Crippen MR) is 117 cm³/mol. The highest BCUT2D eigenvalue weighted by Gasteiger charge is 2.26. The maximum absolute atomic E-state index is 14.0. The van der Waals surface area contributed by atoms with Crippen LogP contribution in [0.15, 0.2) is 48.5 Å². The summed E-state index contributed by atoms with van der Waals surface area (Å²) in [5.41, 5.74) is 7.26. The summed E-state index contributed by atoms with van der Waals surface area (Å²) in [6, 6.07) is 13.0. The van der Waals surface area contributed by atoms with Gasteiger partial charge >= 0.3 is 0 Å². The van der Waals surface area contributed by atoms with Crippen molar-refractivity contribution in [2.45, 2.75) is 6.43 Å². The first-order valence-corrected chi connectivity index (χ1v) is 10.4. The van der Waals surface area contributed by atoms with Crippen LogP contribution in [0.4, 0.5) is 14.5 Å². The Kier molecular flexibility index (Phi) is 4.90. The summed E-state index contributed by atoms with van der Waals surface area (Å²) in [6.07, 6.45) is -2.79. The standard InChI is InChI=1S/C23H16F2N2O4S/c1-29-13-5-2-11(3-6-13)15-9-14(22(24)25)18-19(26)21(32-23(18)27-15)20(28)12-4-7-16-17(8-12)31-10-30-16/h2-9,22H,10,26H2,1H3. The molecule has 9 heteroatoms. The number of rotatable bonds is 5. The molecule has 0 aliphatic carbocycles. The Hall–Kier alpha value is -3.72. The van der Waals surface area contributed by atoms with Gasteiger partial charge in [0.2, 0.25) is 12.6 Å². The number of pyridine rings is 1. The van der Waals surface area contributed by atoms with Gasteiger partial charge in [-0.05, 0) is 48.5 Å². The van der Waals surface area contributed by atoms with Gasteiger partial charge in [0.25, 0.3) is 6.43 Å². The number of halogens is 2. The number of hydrogen-bond donors (Lipinski definition) is 1. The van der Waals surface area contributed by atoms with E-state index in [9.17, 15) is 13.6 Å². The number of nitrogen functional groups attached to an aromatic ring is 1. The minimum absolute atomic E-state index is 0.00301. The molecule has 1 aliphatic rings. The monoisotopic (exact) mass is 454 g/mol. The highest BCUT2D eigenvalue weighted by Crippen LogP contribution is 2.42. The summed E-state index contributed by atoms with van der Waals surface area (Å²) in [7, 11) is 1.54. The molecule has 2 aromatic carbocycles. The third-order valence-electron chi connectivity index (χ3n) is 5.19. The number of nitrogens with zero attached hydrogens (tertiary/aromatic N) is 1. The van der Waals surface area contributed by atoms with Crippen molar-refractivity contribution in [3.63, 3.8) is 0 Å². The fraction of sp³-hybridized carbons (Fsp3) is 0.130. The summed E-state index contributed by atoms with van der Waals surface area (Å²) < 4.78 is 43.7. The summed E-state index contributed by atoms with van der Waals surface area (Å²) in [5, 5.41) is 0.103. The van der Waals surface area contributed by atoms with Gasteiger partial charge in [-0.25, -0.2) is 13.8 Å². The molecule has 6 nitrogen and oxygen atoms in total. The topological polar surface area (TPSA) is 83.7 Å². The third-order valence-corrected chi connectivity index (χ3v) is 6.29. The summed E-state index contributed by atoms with van der Waals surface area (Å²) in [4.78, 5) is 18.1. The van der Waals surface area contributed by atoms with Gasteiger partial charge < -0.3 is 19.9 Å². The van der Waals surface area contributed by atoms with Crippen molar-refractivity contribution in [2.24, 2.45) is 0 Å². The second-order valence-corrected chi connectivity index (χ2v) is 8.05. The van der Waals surface area contributed by atoms with E-state index in [0.717, 1.165) is 11.3 Å². The third kappa shape index (κ3) is 3.31. The molecule has 3 heterocycles. The Morgan fingerprint density at radius 1 is 1.12 bits per heavy atom. The summed E-state index contributed by atoms with van der Waals surface area (Å²) in [5.74, 6) is 1.23. The van der Waals surface area contributed by atoms with Crippen LogP contribution in [0.25, 0.3) is 21.5 Å². The van der Waals surface area contributed by atoms with Gasteiger partial charge in [-0.2, -0.15) is 0 Å². The molecule has 0 atom stereocenters. The normalized spacial score (nSPS) is 12.5. The fourth-order valence-electron chi connectivity index (χ4n) is 3.57. The van der Waals surface area contributed by atoms with Gasteiger partial charge in [-0.3, -0.25) is 4.79 Å². The van der Waals surface area contributed by atoms with E-state index < -0.39 is 12.2 Å². The van der Waals surface area contributed by atoms with E-state index in [1.54, 1.807) is 49.6 Å². The van der Waals surface area contributed by atoms with Gasteiger partial charge in [-0.1, -0.05) is 0 Å². The summed E-state index contributed by atoms with van der Waals surface area (Å²) >= 11 is 0.992. The predicted octanol–water partition coefficient (Wildman–Crippen LogP) is 5.45. The van der Waals surface area contributed by atoms with Gasteiger partial charge in [0, 0.05) is 22.1 Å². The van der Waals surface area contributed by atoms with Crippen molar-refractivity contribution >= 4 is 33.0 Å². The van der Waals surface area contributed by atoms with Crippen LogP contribution in [0.2, 0.25) is 0 Å². The zero-order valence-electron chi connectivity index (χ0n) is 16.7. The number of methoxy groups -OCH3 is 1. The van der Waals surface area contributed by atoms with Crippen LogP contribution in [-0.2, 0) is 0 Å². The molecule has 2 N–H and O–H groups in total.